The molecule has 1 aromatic rings. The van der Waals surface area contributed by atoms with Crippen molar-refractivity contribution >= 4 is 11.7 Å². The summed E-state index contributed by atoms with van der Waals surface area (Å²) in [4.78, 5) is 22.3. The molecule has 122 valence electrons. The van der Waals surface area contributed by atoms with E-state index in [-0.39, 0.29) is 17.7 Å². The summed E-state index contributed by atoms with van der Waals surface area (Å²) in [5.41, 5.74) is 0.294. The number of nitro groups is 1. The molecule has 2 rings (SSSR count). The number of carbonyl (C=O) groups is 1. The molecular weight excluding hydrogens is 294 g/mol. The lowest BCUT2D eigenvalue weighted by Gasteiger charge is -2.15. The number of ether oxygens (including phenoxy) is 1. The summed E-state index contributed by atoms with van der Waals surface area (Å²) in [6, 6.07) is 5.48. The van der Waals surface area contributed by atoms with Gasteiger partial charge in [0.1, 0.15) is 6.10 Å². The van der Waals surface area contributed by atoms with E-state index in [0.717, 1.165) is 38.5 Å². The van der Waals surface area contributed by atoms with Gasteiger partial charge >= 0.3 is 5.97 Å². The van der Waals surface area contributed by atoms with Crippen molar-refractivity contribution in [3.05, 3.63) is 39.9 Å². The number of carbonyl (C=O) groups excluding carboxylic acids is 1. The molecule has 1 aliphatic carbocycles. The van der Waals surface area contributed by atoms with Crippen molar-refractivity contribution in [2.45, 2.75) is 51.6 Å². The number of unbranched alkanes of at least 4 members (excludes halogenated alkanes) is 2. The van der Waals surface area contributed by atoms with Gasteiger partial charge in [-0.25, -0.2) is 4.79 Å². The van der Waals surface area contributed by atoms with Gasteiger partial charge in [0.2, 0.25) is 0 Å². The highest BCUT2D eigenvalue weighted by Crippen LogP contribution is 2.28. The number of non-ortho nitro benzene ring substituents is 1. The molecule has 0 amide bonds. The van der Waals surface area contributed by atoms with Crippen molar-refractivity contribution in [1.82, 2.24) is 0 Å². The lowest BCUT2D eigenvalue weighted by Crippen LogP contribution is -2.21. The van der Waals surface area contributed by atoms with Crippen molar-refractivity contribution < 1.29 is 14.5 Å². The second kappa shape index (κ2) is 8.33. The van der Waals surface area contributed by atoms with Crippen LogP contribution in [0.3, 0.4) is 0 Å². The van der Waals surface area contributed by atoms with Gasteiger partial charge in [0.05, 0.1) is 16.4 Å². The maximum atomic E-state index is 12.2. The van der Waals surface area contributed by atoms with Gasteiger partial charge in [-0.2, -0.15) is 0 Å². The van der Waals surface area contributed by atoms with E-state index in [1.165, 1.54) is 24.3 Å². The molecule has 0 heterocycles. The molecule has 1 aromatic carbocycles. The highest BCUT2D eigenvalue weighted by atomic mass is 16.6. The first-order valence-electron chi connectivity index (χ1n) is 8.05. The van der Waals surface area contributed by atoms with Gasteiger partial charge in [-0.1, -0.05) is 19.3 Å². The number of hydrogen-bond acceptors (Lipinski definition) is 4. The van der Waals surface area contributed by atoms with Crippen LogP contribution in [0.4, 0.5) is 5.69 Å². The predicted molar refractivity (Wildman–Crippen MR) is 86.9 cm³/mol. The molecule has 0 aromatic heterocycles. The highest BCUT2D eigenvalue weighted by molar-refractivity contribution is 5.89. The molecule has 0 N–H and O–H groups in total. The fourth-order valence-electron chi connectivity index (χ4n) is 2.63. The van der Waals surface area contributed by atoms with E-state index in [2.05, 4.69) is 18.8 Å². The summed E-state index contributed by atoms with van der Waals surface area (Å²) in [6.45, 7) is 2.13. The Hall–Kier alpha value is -2.35. The van der Waals surface area contributed by atoms with Crippen molar-refractivity contribution in [3.63, 3.8) is 0 Å². The Labute approximate surface area is 136 Å². The Kier molecular flexibility index (Phi) is 6.16. The second-order valence-corrected chi connectivity index (χ2v) is 5.71. The van der Waals surface area contributed by atoms with E-state index in [1.807, 2.05) is 0 Å². The third kappa shape index (κ3) is 4.82. The Bertz CT molecular complexity index is 612. The fraction of sp³-hybridized carbons (Fsp3) is 0.500. The van der Waals surface area contributed by atoms with Crippen molar-refractivity contribution in [2.75, 3.05) is 0 Å². The van der Waals surface area contributed by atoms with Crippen LogP contribution < -0.4 is 0 Å². The Balaban J connectivity index is 1.95. The maximum absolute atomic E-state index is 12.2. The van der Waals surface area contributed by atoms with Gasteiger partial charge in [0.25, 0.3) is 5.69 Å². The van der Waals surface area contributed by atoms with E-state index >= 15 is 0 Å². The molecular formula is C18H21NO4. The molecule has 0 spiro atoms. The summed E-state index contributed by atoms with van der Waals surface area (Å²) >= 11 is 0. The monoisotopic (exact) mass is 315 g/mol. The summed E-state index contributed by atoms with van der Waals surface area (Å²) < 4.78 is 5.56. The Morgan fingerprint density at radius 3 is 2.74 bits per heavy atom. The number of rotatable bonds is 5. The zero-order chi connectivity index (χ0) is 16.7. The zero-order valence-corrected chi connectivity index (χ0v) is 13.3. The summed E-state index contributed by atoms with van der Waals surface area (Å²) in [6.07, 6.45) is 5.71. The van der Waals surface area contributed by atoms with Gasteiger partial charge < -0.3 is 4.74 Å². The molecule has 5 heteroatoms. The predicted octanol–water partition coefficient (Wildman–Crippen LogP) is 4.11. The van der Waals surface area contributed by atoms with Crippen LogP contribution in [0.25, 0.3) is 0 Å². The van der Waals surface area contributed by atoms with E-state index < -0.39 is 10.9 Å². The molecule has 0 radical (unpaired) electrons. The van der Waals surface area contributed by atoms with Crippen LogP contribution in [0.2, 0.25) is 0 Å². The zero-order valence-electron chi connectivity index (χ0n) is 13.3. The Morgan fingerprint density at radius 1 is 1.35 bits per heavy atom. The third-order valence-electron chi connectivity index (χ3n) is 3.97. The van der Waals surface area contributed by atoms with Gasteiger partial charge in [0, 0.05) is 18.6 Å². The van der Waals surface area contributed by atoms with E-state index in [0.29, 0.717) is 5.56 Å². The molecule has 0 saturated heterocycles. The van der Waals surface area contributed by atoms with Crippen molar-refractivity contribution in [3.8, 4) is 11.8 Å². The molecule has 5 nitrogen and oxygen atoms in total. The van der Waals surface area contributed by atoms with Crippen molar-refractivity contribution in [2.24, 2.45) is 5.92 Å². The third-order valence-corrected chi connectivity index (χ3v) is 3.97. The molecule has 1 aliphatic rings. The maximum Gasteiger partial charge on any atom is 0.338 e. The first-order chi connectivity index (χ1) is 11.1. The first kappa shape index (κ1) is 17.0. The molecule has 0 aliphatic heterocycles. The summed E-state index contributed by atoms with van der Waals surface area (Å²) in [5.74, 6) is 6.07. The topological polar surface area (TPSA) is 69.4 Å². The van der Waals surface area contributed by atoms with Crippen LogP contribution in [0.5, 0.6) is 0 Å². The molecule has 2 atom stereocenters. The summed E-state index contributed by atoms with van der Waals surface area (Å²) in [5, 5.41) is 10.6. The van der Waals surface area contributed by atoms with Crippen LogP contribution in [0.1, 0.15) is 55.8 Å². The SMILES string of the molecule is CCCCC#C[C@H]1CCC[C@H]1OC(=O)c1ccc([N+](=O)[O-])cc1. The van der Waals surface area contributed by atoms with E-state index in [4.69, 9.17) is 4.74 Å². The second-order valence-electron chi connectivity index (χ2n) is 5.71. The van der Waals surface area contributed by atoms with Crippen LogP contribution >= 0.6 is 0 Å². The minimum absolute atomic E-state index is 0.0397. The van der Waals surface area contributed by atoms with Gasteiger partial charge in [-0.3, -0.25) is 10.1 Å². The van der Waals surface area contributed by atoms with E-state index in [1.54, 1.807) is 0 Å². The minimum atomic E-state index is -0.492. The standard InChI is InChI=1S/C18H21NO4/c1-2-3-4-5-7-14-8-6-9-17(14)23-18(20)15-10-12-16(13-11-15)19(21)22/h10-14,17H,2-4,6,8-9H2,1H3/t14-,17+/m0/s1. The van der Waals surface area contributed by atoms with Gasteiger partial charge in [-0.05, 0) is 37.8 Å². The van der Waals surface area contributed by atoms with Crippen LogP contribution in [-0.4, -0.2) is 17.0 Å². The largest absolute Gasteiger partial charge is 0.457 e. The normalized spacial score (nSPS) is 19.7. The number of benzene rings is 1. The molecule has 1 saturated carbocycles. The quantitative estimate of drug-likeness (QED) is 0.269. The molecule has 0 unspecified atom stereocenters. The Morgan fingerprint density at radius 2 is 2.09 bits per heavy atom. The van der Waals surface area contributed by atoms with E-state index in [9.17, 15) is 14.9 Å². The lowest BCUT2D eigenvalue weighted by atomic mass is 10.1. The molecule has 0 bridgehead atoms. The average Bonchev–Trinajstić information content (AvgIpc) is 2.98. The summed E-state index contributed by atoms with van der Waals surface area (Å²) in [7, 11) is 0. The molecule has 23 heavy (non-hydrogen) atoms. The number of nitrogens with zero attached hydrogens (tertiary/aromatic N) is 1. The lowest BCUT2D eigenvalue weighted by molar-refractivity contribution is -0.384. The average molecular weight is 315 g/mol. The fourth-order valence-corrected chi connectivity index (χ4v) is 2.63. The van der Waals surface area contributed by atoms with Crippen molar-refractivity contribution in [1.29, 1.82) is 0 Å². The minimum Gasteiger partial charge on any atom is -0.457 e. The van der Waals surface area contributed by atoms with Crippen LogP contribution in [0, 0.1) is 27.9 Å². The van der Waals surface area contributed by atoms with Gasteiger partial charge in [-0.15, -0.1) is 5.92 Å². The van der Waals surface area contributed by atoms with Crippen LogP contribution in [-0.2, 0) is 4.74 Å². The van der Waals surface area contributed by atoms with Crippen LogP contribution in [0.15, 0.2) is 24.3 Å². The number of esters is 1. The highest BCUT2D eigenvalue weighted by Gasteiger charge is 2.29. The first-order valence-corrected chi connectivity index (χ1v) is 8.05. The smallest absolute Gasteiger partial charge is 0.338 e. The number of hydrogen-bond donors (Lipinski definition) is 0. The van der Waals surface area contributed by atoms with Gasteiger partial charge in [0.15, 0.2) is 0 Å². The molecule has 1 fully saturated rings. The number of nitro benzene ring substituents is 1.